The van der Waals surface area contributed by atoms with Crippen molar-refractivity contribution >= 4 is 52.1 Å². The first kappa shape index (κ1) is 39.4. The second-order valence-electron chi connectivity index (χ2n) is 13.3. The van der Waals surface area contributed by atoms with Gasteiger partial charge in [-0.05, 0) is 72.3 Å². The molecule has 58 heavy (non-hydrogen) atoms. The van der Waals surface area contributed by atoms with Crippen LogP contribution in [0.4, 0.5) is 0 Å². The van der Waals surface area contributed by atoms with E-state index in [1.54, 1.807) is 28.4 Å². The third-order valence-corrected chi connectivity index (χ3v) is 11.5. The van der Waals surface area contributed by atoms with Gasteiger partial charge in [0.15, 0.2) is 23.0 Å². The molecule has 0 spiro atoms. The molecule has 12 heteroatoms. The maximum absolute atomic E-state index is 7.32. The van der Waals surface area contributed by atoms with Crippen LogP contribution in [-0.4, -0.2) is 43.7 Å². The molecule has 0 saturated carbocycles. The molecule has 2 unspecified atom stereocenters. The highest BCUT2D eigenvalue weighted by atomic mass is 35.5. The highest BCUT2D eigenvalue weighted by Gasteiger charge is 2.49. The third-order valence-electron chi connectivity index (χ3n) is 10.1. The van der Waals surface area contributed by atoms with Gasteiger partial charge >= 0.3 is 0 Å². The molecular formula is C46H36Cl4N4O4. The molecule has 0 saturated heterocycles. The Bertz CT molecular complexity index is 2700. The molecule has 0 aliphatic carbocycles. The van der Waals surface area contributed by atoms with Gasteiger partial charge in [0, 0.05) is 37.9 Å². The number of benzene rings is 6. The summed E-state index contributed by atoms with van der Waals surface area (Å²) in [6.45, 7) is 0. The predicted octanol–water partition coefficient (Wildman–Crippen LogP) is 12.0. The average molecular weight is 851 g/mol. The maximum Gasteiger partial charge on any atom is 0.222 e. The molecule has 0 amide bonds. The fraction of sp³-hybridized carbons (Fsp3) is 0.130. The van der Waals surface area contributed by atoms with E-state index in [0.29, 0.717) is 82.7 Å². The Morgan fingerprint density at radius 2 is 1.07 bits per heavy atom. The fourth-order valence-electron chi connectivity index (χ4n) is 7.47. The molecule has 0 radical (unpaired) electrons. The van der Waals surface area contributed by atoms with Gasteiger partial charge in [0.2, 0.25) is 5.79 Å². The fourth-order valence-corrected chi connectivity index (χ4v) is 8.43. The van der Waals surface area contributed by atoms with Crippen molar-refractivity contribution in [2.45, 2.75) is 11.8 Å². The standard InChI is InChI=1S/C46H36Cl4N4O4/c1-55-37-23-21-27(25-39(37)57-3)41-42(29-13-5-9-17-33(29)47)53-46(52-41,32-16-8-12-20-36(32)50)54-44(28-22-24-38(56-2)40(26-28)58-4)43(30-14-6-10-18-34(30)48)51-45(54)31-15-7-11-19-35(31)49/h5-26,42,53H,1-4H3. The van der Waals surface area contributed by atoms with Crippen LogP contribution < -0.4 is 24.3 Å². The van der Waals surface area contributed by atoms with E-state index in [4.69, 9.17) is 75.3 Å². The minimum absolute atomic E-state index is 0.446. The van der Waals surface area contributed by atoms with Crippen LogP contribution in [0.25, 0.3) is 33.9 Å². The van der Waals surface area contributed by atoms with Crippen LogP contribution in [0.15, 0.2) is 138 Å². The summed E-state index contributed by atoms with van der Waals surface area (Å²) in [6, 6.07) is 41.2. The molecule has 8 rings (SSSR count). The topological polar surface area (TPSA) is 79.1 Å². The third kappa shape index (κ3) is 6.85. The second-order valence-corrected chi connectivity index (χ2v) is 14.9. The second kappa shape index (κ2) is 16.4. The average Bonchev–Trinajstić information content (AvgIpc) is 3.84. The van der Waals surface area contributed by atoms with Gasteiger partial charge in [0.25, 0.3) is 0 Å². The Morgan fingerprint density at radius 1 is 0.552 bits per heavy atom. The van der Waals surface area contributed by atoms with Crippen LogP contribution in [0, 0.1) is 0 Å². The van der Waals surface area contributed by atoms with E-state index in [0.717, 1.165) is 16.7 Å². The lowest BCUT2D eigenvalue weighted by Crippen LogP contribution is -2.46. The number of nitrogens with one attached hydrogen (secondary N) is 1. The summed E-state index contributed by atoms with van der Waals surface area (Å²) in [7, 11) is 6.40. The Labute approximate surface area is 356 Å². The van der Waals surface area contributed by atoms with Gasteiger partial charge in [0.1, 0.15) is 5.82 Å². The van der Waals surface area contributed by atoms with Crippen LogP contribution in [-0.2, 0) is 5.79 Å². The van der Waals surface area contributed by atoms with Crippen LogP contribution in [0.1, 0.15) is 22.7 Å². The number of nitrogens with zero attached hydrogens (tertiary/aromatic N) is 3. The number of hydrogen-bond acceptors (Lipinski definition) is 7. The number of rotatable bonds is 11. The summed E-state index contributed by atoms with van der Waals surface area (Å²) in [5, 5.41) is 5.92. The summed E-state index contributed by atoms with van der Waals surface area (Å²) < 4.78 is 25.0. The predicted molar refractivity (Wildman–Crippen MR) is 234 cm³/mol. The van der Waals surface area contributed by atoms with Gasteiger partial charge in [-0.2, -0.15) is 0 Å². The van der Waals surface area contributed by atoms with Crippen LogP contribution in [0.3, 0.4) is 0 Å². The quantitative estimate of drug-likeness (QED) is 0.140. The Kier molecular flexibility index (Phi) is 11.1. The lowest BCUT2D eigenvalue weighted by molar-refractivity contribution is 0.308. The zero-order valence-corrected chi connectivity index (χ0v) is 34.8. The Morgan fingerprint density at radius 3 is 1.66 bits per heavy atom. The van der Waals surface area contributed by atoms with Crippen molar-refractivity contribution in [1.82, 2.24) is 14.9 Å². The lowest BCUT2D eigenvalue weighted by Gasteiger charge is -2.34. The van der Waals surface area contributed by atoms with Crippen molar-refractivity contribution in [3.8, 4) is 56.9 Å². The zero-order valence-electron chi connectivity index (χ0n) is 31.8. The smallest absolute Gasteiger partial charge is 0.222 e. The molecule has 7 aromatic rings. The molecule has 0 bridgehead atoms. The van der Waals surface area contributed by atoms with Gasteiger partial charge in [-0.3, -0.25) is 9.88 Å². The normalized spacial score (nSPS) is 16.2. The van der Waals surface area contributed by atoms with Crippen LogP contribution in [0.5, 0.6) is 23.0 Å². The van der Waals surface area contributed by atoms with E-state index >= 15 is 0 Å². The van der Waals surface area contributed by atoms with E-state index < -0.39 is 11.8 Å². The number of aliphatic imine (C=N–C) groups is 1. The molecule has 2 atom stereocenters. The summed E-state index contributed by atoms with van der Waals surface area (Å²) in [5.41, 5.74) is 6.04. The van der Waals surface area contributed by atoms with E-state index in [1.165, 1.54) is 0 Å². The van der Waals surface area contributed by atoms with Crippen molar-refractivity contribution in [2.24, 2.45) is 4.99 Å². The Hall–Kier alpha value is -5.48. The number of ether oxygens (including phenoxy) is 4. The molecular weight excluding hydrogens is 814 g/mol. The summed E-state index contributed by atoms with van der Waals surface area (Å²) in [5.74, 6) is 1.10. The van der Waals surface area contributed by atoms with Crippen molar-refractivity contribution in [2.75, 3.05) is 28.4 Å². The minimum atomic E-state index is -1.53. The van der Waals surface area contributed by atoms with Gasteiger partial charge < -0.3 is 18.9 Å². The number of methoxy groups -OCH3 is 4. The first-order valence-corrected chi connectivity index (χ1v) is 19.7. The first-order chi connectivity index (χ1) is 28.2. The van der Waals surface area contributed by atoms with E-state index in [1.807, 2.05) is 138 Å². The first-order valence-electron chi connectivity index (χ1n) is 18.2. The SMILES string of the molecule is COc1ccc(C2=NC(c3ccccc3Cl)(n3c(-c4ccccc4Cl)nc(-c4ccccc4Cl)c3-c3ccc(OC)c(OC)c3)NC2c2ccccc2Cl)cc1OC. The molecule has 6 aromatic carbocycles. The van der Waals surface area contributed by atoms with Gasteiger partial charge in [-0.15, -0.1) is 0 Å². The molecule has 292 valence electrons. The van der Waals surface area contributed by atoms with Crippen LogP contribution >= 0.6 is 46.4 Å². The van der Waals surface area contributed by atoms with E-state index in [9.17, 15) is 0 Å². The number of imidazole rings is 1. The van der Waals surface area contributed by atoms with E-state index in [-0.39, 0.29) is 0 Å². The molecule has 2 heterocycles. The van der Waals surface area contributed by atoms with Gasteiger partial charge in [-0.25, -0.2) is 9.98 Å². The van der Waals surface area contributed by atoms with Crippen molar-refractivity contribution in [3.05, 3.63) is 170 Å². The summed E-state index contributed by atoms with van der Waals surface area (Å²) in [4.78, 5) is 11.2. The molecule has 1 N–H and O–H groups in total. The van der Waals surface area contributed by atoms with Crippen molar-refractivity contribution in [1.29, 1.82) is 0 Å². The highest BCUT2D eigenvalue weighted by Crippen LogP contribution is 2.50. The Balaban J connectivity index is 1.58. The van der Waals surface area contributed by atoms with Gasteiger partial charge in [0.05, 0.1) is 61.6 Å². The number of aromatic nitrogens is 2. The monoisotopic (exact) mass is 848 g/mol. The summed E-state index contributed by atoms with van der Waals surface area (Å²) in [6.07, 6.45) is 0. The molecule has 1 aliphatic rings. The molecule has 1 aromatic heterocycles. The zero-order chi connectivity index (χ0) is 40.6. The van der Waals surface area contributed by atoms with Crippen molar-refractivity contribution < 1.29 is 18.9 Å². The van der Waals surface area contributed by atoms with Gasteiger partial charge in [-0.1, -0.05) is 113 Å². The maximum atomic E-state index is 7.32. The van der Waals surface area contributed by atoms with Crippen LogP contribution in [0.2, 0.25) is 20.1 Å². The molecule has 0 fully saturated rings. The number of halogens is 4. The lowest BCUT2D eigenvalue weighted by atomic mass is 9.96. The highest BCUT2D eigenvalue weighted by molar-refractivity contribution is 6.34. The number of hydrogen-bond donors (Lipinski definition) is 1. The van der Waals surface area contributed by atoms with E-state index in [2.05, 4.69) is 5.32 Å². The minimum Gasteiger partial charge on any atom is -0.493 e. The molecule has 1 aliphatic heterocycles. The molecule has 8 nitrogen and oxygen atoms in total. The van der Waals surface area contributed by atoms with Crippen molar-refractivity contribution in [3.63, 3.8) is 0 Å². The summed E-state index contributed by atoms with van der Waals surface area (Å²) >= 11 is 28.6. The largest absolute Gasteiger partial charge is 0.493 e.